The zero-order valence-corrected chi connectivity index (χ0v) is 12.1. The number of nitrogens with one attached hydrogen (secondary N) is 1. The fourth-order valence-corrected chi connectivity index (χ4v) is 2.39. The zero-order valence-electron chi connectivity index (χ0n) is 11.3. The molecule has 0 saturated heterocycles. The van der Waals surface area contributed by atoms with Crippen LogP contribution in [-0.2, 0) is 6.54 Å². The first kappa shape index (κ1) is 13.5. The molecular formula is C14H17N3OS. The quantitative estimate of drug-likeness (QED) is 0.932. The Morgan fingerprint density at radius 3 is 2.84 bits per heavy atom. The highest BCUT2D eigenvalue weighted by molar-refractivity contribution is 7.11. The molecule has 1 aromatic carbocycles. The predicted octanol–water partition coefficient (Wildman–Crippen LogP) is 2.45. The summed E-state index contributed by atoms with van der Waals surface area (Å²) in [6, 6.07) is 7.55. The highest BCUT2D eigenvalue weighted by Gasteiger charge is 2.07. The van der Waals surface area contributed by atoms with Gasteiger partial charge in [-0.2, -0.15) is 0 Å². The van der Waals surface area contributed by atoms with E-state index in [-0.39, 0.29) is 5.91 Å². The minimum atomic E-state index is -0.0726. The lowest BCUT2D eigenvalue weighted by molar-refractivity contribution is 0.0951. The van der Waals surface area contributed by atoms with Crippen LogP contribution in [0.1, 0.15) is 20.2 Å². The molecule has 1 N–H and O–H groups in total. The molecule has 0 aliphatic rings. The van der Waals surface area contributed by atoms with Crippen LogP contribution in [0.4, 0.5) is 5.69 Å². The molecule has 4 nitrogen and oxygen atoms in total. The third-order valence-electron chi connectivity index (χ3n) is 2.69. The average Bonchev–Trinajstić information content (AvgIpc) is 2.82. The summed E-state index contributed by atoms with van der Waals surface area (Å²) in [5.41, 5.74) is 1.68. The fourth-order valence-electron chi connectivity index (χ4n) is 1.67. The van der Waals surface area contributed by atoms with Crippen molar-refractivity contribution in [1.29, 1.82) is 0 Å². The van der Waals surface area contributed by atoms with Gasteiger partial charge in [0.25, 0.3) is 5.91 Å². The summed E-state index contributed by atoms with van der Waals surface area (Å²) >= 11 is 1.60. The molecule has 2 aromatic rings. The second-order valence-corrected chi connectivity index (χ2v) is 5.81. The van der Waals surface area contributed by atoms with Crippen molar-refractivity contribution in [2.24, 2.45) is 0 Å². The van der Waals surface area contributed by atoms with Gasteiger partial charge in [-0.3, -0.25) is 4.79 Å². The van der Waals surface area contributed by atoms with Gasteiger partial charge < -0.3 is 10.2 Å². The van der Waals surface area contributed by atoms with Gasteiger partial charge in [-0.15, -0.1) is 11.3 Å². The highest BCUT2D eigenvalue weighted by Crippen LogP contribution is 2.14. The first-order chi connectivity index (χ1) is 9.06. The van der Waals surface area contributed by atoms with Crippen LogP contribution < -0.4 is 10.2 Å². The molecule has 2 rings (SSSR count). The van der Waals surface area contributed by atoms with Crippen LogP contribution in [0.15, 0.2) is 30.5 Å². The molecule has 0 fully saturated rings. The summed E-state index contributed by atoms with van der Waals surface area (Å²) in [6.07, 6.45) is 1.82. The molecule has 1 amide bonds. The van der Waals surface area contributed by atoms with Crippen molar-refractivity contribution in [3.05, 3.63) is 45.9 Å². The van der Waals surface area contributed by atoms with E-state index in [0.29, 0.717) is 12.1 Å². The first-order valence-corrected chi connectivity index (χ1v) is 6.85. The number of carbonyl (C=O) groups excluding carboxylic acids is 1. The van der Waals surface area contributed by atoms with E-state index in [1.54, 1.807) is 11.3 Å². The van der Waals surface area contributed by atoms with Crippen LogP contribution >= 0.6 is 11.3 Å². The van der Waals surface area contributed by atoms with Gasteiger partial charge >= 0.3 is 0 Å². The predicted molar refractivity (Wildman–Crippen MR) is 78.8 cm³/mol. The Balaban J connectivity index is 2.01. The van der Waals surface area contributed by atoms with Gasteiger partial charge in [-0.1, -0.05) is 6.07 Å². The number of hydrogen-bond acceptors (Lipinski definition) is 4. The van der Waals surface area contributed by atoms with Gasteiger partial charge in [0.1, 0.15) is 5.01 Å². The highest BCUT2D eigenvalue weighted by atomic mass is 32.1. The molecule has 0 radical (unpaired) electrons. The SMILES string of the molecule is Cc1cnc(CNC(=O)c2cccc(N(C)C)c2)s1. The van der Waals surface area contributed by atoms with Crippen molar-refractivity contribution in [2.45, 2.75) is 13.5 Å². The molecule has 1 heterocycles. The molecule has 0 saturated carbocycles. The minimum absolute atomic E-state index is 0.0726. The third kappa shape index (κ3) is 3.54. The van der Waals surface area contributed by atoms with Crippen molar-refractivity contribution >= 4 is 22.9 Å². The Bertz CT molecular complexity index is 578. The Kier molecular flexibility index (Phi) is 4.16. The third-order valence-corrected chi connectivity index (χ3v) is 3.61. The number of aromatic nitrogens is 1. The Morgan fingerprint density at radius 1 is 1.42 bits per heavy atom. The fraction of sp³-hybridized carbons (Fsp3) is 0.286. The maximum Gasteiger partial charge on any atom is 0.251 e. The van der Waals surface area contributed by atoms with Gasteiger partial charge in [0.2, 0.25) is 0 Å². The smallest absolute Gasteiger partial charge is 0.251 e. The van der Waals surface area contributed by atoms with E-state index < -0.39 is 0 Å². The van der Waals surface area contributed by atoms with Gasteiger partial charge in [-0.05, 0) is 25.1 Å². The van der Waals surface area contributed by atoms with Crippen molar-refractivity contribution in [2.75, 3.05) is 19.0 Å². The second-order valence-electron chi connectivity index (χ2n) is 4.49. The summed E-state index contributed by atoms with van der Waals surface area (Å²) in [5.74, 6) is -0.0726. The number of rotatable bonds is 4. The number of benzene rings is 1. The topological polar surface area (TPSA) is 45.2 Å². The lowest BCUT2D eigenvalue weighted by Gasteiger charge is -2.13. The molecule has 1 aromatic heterocycles. The maximum absolute atomic E-state index is 12.0. The summed E-state index contributed by atoms with van der Waals surface area (Å²) in [4.78, 5) is 19.4. The molecule has 0 unspecified atom stereocenters. The molecule has 100 valence electrons. The molecule has 0 aliphatic heterocycles. The number of carbonyl (C=O) groups is 1. The van der Waals surface area contributed by atoms with Crippen LogP contribution in [0.5, 0.6) is 0 Å². The molecular weight excluding hydrogens is 258 g/mol. The van der Waals surface area contributed by atoms with Crippen LogP contribution in [-0.4, -0.2) is 25.0 Å². The van der Waals surface area contributed by atoms with Gasteiger partial charge in [-0.25, -0.2) is 4.98 Å². The molecule has 0 spiro atoms. The second kappa shape index (κ2) is 5.84. The number of hydrogen-bond donors (Lipinski definition) is 1. The number of aryl methyl sites for hydroxylation is 1. The Hall–Kier alpha value is -1.88. The molecule has 0 atom stereocenters. The molecule has 0 bridgehead atoms. The standard InChI is InChI=1S/C14H17N3OS/c1-10-8-15-13(19-10)9-16-14(18)11-5-4-6-12(7-11)17(2)3/h4-8H,9H2,1-3H3,(H,16,18). The summed E-state index contributed by atoms with van der Waals surface area (Å²) in [5, 5.41) is 3.81. The molecule has 5 heteroatoms. The average molecular weight is 275 g/mol. The Morgan fingerprint density at radius 2 is 2.21 bits per heavy atom. The lowest BCUT2D eigenvalue weighted by atomic mass is 10.2. The molecule has 19 heavy (non-hydrogen) atoms. The summed E-state index contributed by atoms with van der Waals surface area (Å²) in [7, 11) is 3.91. The zero-order chi connectivity index (χ0) is 13.8. The summed E-state index contributed by atoms with van der Waals surface area (Å²) < 4.78 is 0. The van der Waals surface area contributed by atoms with E-state index in [9.17, 15) is 4.79 Å². The monoisotopic (exact) mass is 275 g/mol. The van der Waals surface area contributed by atoms with Crippen LogP contribution in [0.25, 0.3) is 0 Å². The number of anilines is 1. The normalized spacial score (nSPS) is 10.3. The number of thiazole rings is 1. The van der Waals surface area contributed by atoms with Crippen LogP contribution in [0, 0.1) is 6.92 Å². The van der Waals surface area contributed by atoms with Gasteiger partial charge in [0, 0.05) is 36.4 Å². The van der Waals surface area contributed by atoms with Crippen molar-refractivity contribution in [3.63, 3.8) is 0 Å². The largest absolute Gasteiger partial charge is 0.378 e. The van der Waals surface area contributed by atoms with Gasteiger partial charge in [0.05, 0.1) is 6.54 Å². The maximum atomic E-state index is 12.0. The van der Waals surface area contributed by atoms with E-state index in [1.165, 1.54) is 0 Å². The van der Waals surface area contributed by atoms with Crippen LogP contribution in [0.2, 0.25) is 0 Å². The lowest BCUT2D eigenvalue weighted by Crippen LogP contribution is -2.23. The van der Waals surface area contributed by atoms with Gasteiger partial charge in [0.15, 0.2) is 0 Å². The van der Waals surface area contributed by atoms with E-state index >= 15 is 0 Å². The van der Waals surface area contributed by atoms with E-state index in [2.05, 4.69) is 10.3 Å². The minimum Gasteiger partial charge on any atom is -0.378 e. The summed E-state index contributed by atoms with van der Waals surface area (Å²) in [6.45, 7) is 2.48. The first-order valence-electron chi connectivity index (χ1n) is 6.03. The van der Waals surface area contributed by atoms with E-state index in [4.69, 9.17) is 0 Å². The Labute approximate surface area is 117 Å². The van der Waals surface area contributed by atoms with Crippen molar-refractivity contribution in [1.82, 2.24) is 10.3 Å². The van der Waals surface area contributed by atoms with E-state index in [1.807, 2.05) is 56.4 Å². The number of amides is 1. The van der Waals surface area contributed by atoms with E-state index in [0.717, 1.165) is 15.6 Å². The number of nitrogens with zero attached hydrogens (tertiary/aromatic N) is 2. The van der Waals surface area contributed by atoms with Crippen molar-refractivity contribution < 1.29 is 4.79 Å². The van der Waals surface area contributed by atoms with Crippen molar-refractivity contribution in [3.8, 4) is 0 Å². The van der Waals surface area contributed by atoms with Crippen LogP contribution in [0.3, 0.4) is 0 Å². The molecule has 0 aliphatic carbocycles.